The summed E-state index contributed by atoms with van der Waals surface area (Å²) in [4.78, 5) is 15.4. The lowest BCUT2D eigenvalue weighted by Crippen LogP contribution is -2.56. The van der Waals surface area contributed by atoms with Crippen LogP contribution in [0.4, 0.5) is 4.79 Å². The van der Waals surface area contributed by atoms with Crippen molar-refractivity contribution in [1.29, 1.82) is 0 Å². The van der Waals surface area contributed by atoms with Crippen molar-refractivity contribution in [3.05, 3.63) is 65.7 Å². The van der Waals surface area contributed by atoms with Gasteiger partial charge in [-0.2, -0.15) is 0 Å². The predicted octanol–water partition coefficient (Wildman–Crippen LogP) is 3.87. The van der Waals surface area contributed by atoms with E-state index in [-0.39, 0.29) is 23.6 Å². The molecule has 2 aromatic carbocycles. The van der Waals surface area contributed by atoms with Crippen molar-refractivity contribution >= 4 is 17.9 Å². The van der Waals surface area contributed by atoms with E-state index in [1.165, 1.54) is 12.7 Å². The van der Waals surface area contributed by atoms with Crippen molar-refractivity contribution in [3.63, 3.8) is 0 Å². The molecule has 1 fully saturated rings. The van der Waals surface area contributed by atoms with E-state index in [9.17, 15) is 4.79 Å². The smallest absolute Gasteiger partial charge is 0.410 e. The number of rotatable bonds is 2. The first-order valence-electron chi connectivity index (χ1n) is 8.05. The van der Waals surface area contributed by atoms with Gasteiger partial charge in [0.25, 0.3) is 0 Å². The fourth-order valence-electron chi connectivity index (χ4n) is 3.55. The van der Waals surface area contributed by atoms with Gasteiger partial charge in [-0.15, -0.1) is 0 Å². The van der Waals surface area contributed by atoms with Gasteiger partial charge >= 0.3 is 6.09 Å². The number of morpholine rings is 1. The number of benzene rings is 2. The van der Waals surface area contributed by atoms with Crippen LogP contribution in [0.5, 0.6) is 0 Å². The van der Waals surface area contributed by atoms with Gasteiger partial charge in [0.2, 0.25) is 0 Å². The van der Waals surface area contributed by atoms with Crippen LogP contribution >= 0.6 is 11.8 Å². The number of nitrogens with zero attached hydrogens (tertiary/aromatic N) is 1. The summed E-state index contributed by atoms with van der Waals surface area (Å²) < 4.78 is 11.2. The molecule has 0 radical (unpaired) electrons. The maximum atomic E-state index is 12.4. The Morgan fingerprint density at radius 2 is 1.92 bits per heavy atom. The molecule has 0 unspecified atom stereocenters. The van der Waals surface area contributed by atoms with Gasteiger partial charge in [-0.3, -0.25) is 4.90 Å². The SMILES string of the molecule is COC(=O)N1[C@@H]2CO[C@H](Sc3ccccc3)[C@H]1c1ccccc1C2. The van der Waals surface area contributed by atoms with E-state index in [1.807, 2.05) is 29.2 Å². The lowest BCUT2D eigenvalue weighted by atomic mass is 9.87. The van der Waals surface area contributed by atoms with Gasteiger partial charge < -0.3 is 9.47 Å². The molecule has 3 atom stereocenters. The molecular formula is C19H19NO3S. The summed E-state index contributed by atoms with van der Waals surface area (Å²) in [6.07, 6.45) is 0.534. The molecule has 2 aliphatic heterocycles. The molecule has 2 bridgehead atoms. The minimum absolute atomic E-state index is 0.0324. The molecule has 0 aliphatic carbocycles. The number of hydrogen-bond acceptors (Lipinski definition) is 4. The van der Waals surface area contributed by atoms with Gasteiger partial charge in [0, 0.05) is 4.90 Å². The summed E-state index contributed by atoms with van der Waals surface area (Å²) in [6, 6.07) is 18.4. The normalized spacial score (nSPS) is 25.0. The van der Waals surface area contributed by atoms with E-state index >= 15 is 0 Å². The number of amides is 1. The lowest BCUT2D eigenvalue weighted by molar-refractivity contribution is -0.0644. The van der Waals surface area contributed by atoms with Gasteiger partial charge in [0.05, 0.1) is 25.8 Å². The van der Waals surface area contributed by atoms with Crippen LogP contribution in [0.25, 0.3) is 0 Å². The van der Waals surface area contributed by atoms with Crippen LogP contribution in [0.15, 0.2) is 59.5 Å². The Hall–Kier alpha value is -1.98. The van der Waals surface area contributed by atoms with Crippen molar-refractivity contribution in [2.75, 3.05) is 13.7 Å². The molecule has 0 N–H and O–H groups in total. The van der Waals surface area contributed by atoms with Crippen molar-refractivity contribution in [3.8, 4) is 0 Å². The first-order valence-corrected chi connectivity index (χ1v) is 8.93. The predicted molar refractivity (Wildman–Crippen MR) is 93.0 cm³/mol. The minimum atomic E-state index is -0.276. The number of thioether (sulfide) groups is 1. The van der Waals surface area contributed by atoms with E-state index in [4.69, 9.17) is 9.47 Å². The summed E-state index contributed by atoms with van der Waals surface area (Å²) >= 11 is 1.66. The Morgan fingerprint density at radius 3 is 2.71 bits per heavy atom. The number of fused-ring (bicyclic) bond motifs is 4. The fourth-order valence-corrected chi connectivity index (χ4v) is 4.69. The van der Waals surface area contributed by atoms with Crippen molar-refractivity contribution in [2.45, 2.75) is 28.8 Å². The highest BCUT2D eigenvalue weighted by Gasteiger charge is 2.46. The van der Waals surface area contributed by atoms with Crippen LogP contribution in [0, 0.1) is 0 Å². The van der Waals surface area contributed by atoms with Crippen LogP contribution in [0.2, 0.25) is 0 Å². The average molecular weight is 341 g/mol. The van der Waals surface area contributed by atoms with E-state index < -0.39 is 0 Å². The highest BCUT2D eigenvalue weighted by Crippen LogP contribution is 2.45. The first kappa shape index (κ1) is 15.5. The zero-order valence-electron chi connectivity index (χ0n) is 13.4. The Bertz CT molecular complexity index is 736. The maximum absolute atomic E-state index is 12.4. The molecule has 2 aromatic rings. The molecule has 5 heteroatoms. The Morgan fingerprint density at radius 1 is 1.17 bits per heavy atom. The molecule has 2 heterocycles. The quantitative estimate of drug-likeness (QED) is 0.831. The largest absolute Gasteiger partial charge is 0.453 e. The van der Waals surface area contributed by atoms with Gasteiger partial charge in [0.1, 0.15) is 5.44 Å². The summed E-state index contributed by atoms with van der Waals surface area (Å²) in [6.45, 7) is 0.532. The Balaban J connectivity index is 1.73. The first-order chi connectivity index (χ1) is 11.8. The van der Waals surface area contributed by atoms with Crippen LogP contribution in [-0.4, -0.2) is 36.2 Å². The van der Waals surface area contributed by atoms with Gasteiger partial charge in [0.15, 0.2) is 0 Å². The maximum Gasteiger partial charge on any atom is 0.410 e. The van der Waals surface area contributed by atoms with Crippen LogP contribution in [0.3, 0.4) is 0 Å². The van der Waals surface area contributed by atoms with E-state index in [1.54, 1.807) is 11.8 Å². The number of carbonyl (C=O) groups excluding carboxylic acids is 1. The van der Waals surface area contributed by atoms with Gasteiger partial charge in [-0.1, -0.05) is 54.2 Å². The summed E-state index contributed by atoms with van der Waals surface area (Å²) in [5.41, 5.74) is 2.31. The molecule has 124 valence electrons. The number of methoxy groups -OCH3 is 1. The summed E-state index contributed by atoms with van der Waals surface area (Å²) in [5.74, 6) is 0. The van der Waals surface area contributed by atoms with E-state index in [0.717, 1.165) is 16.9 Å². The number of hydrogen-bond donors (Lipinski definition) is 0. The van der Waals surface area contributed by atoms with Crippen LogP contribution in [0.1, 0.15) is 17.2 Å². The second-order valence-electron chi connectivity index (χ2n) is 6.01. The standard InChI is InChI=1S/C19H19NO3S/c1-22-19(21)20-14-11-13-7-5-6-10-16(13)17(20)18(23-12-14)24-15-8-3-2-4-9-15/h2-10,14,17-18H,11-12H2,1H3/t14-,17+,18+/m0/s1. The molecule has 4 rings (SSSR count). The third kappa shape index (κ3) is 2.68. The highest BCUT2D eigenvalue weighted by molar-refractivity contribution is 7.99. The monoisotopic (exact) mass is 341 g/mol. The minimum Gasteiger partial charge on any atom is -0.453 e. The topological polar surface area (TPSA) is 38.8 Å². The van der Waals surface area contributed by atoms with Gasteiger partial charge in [-0.05, 0) is 29.7 Å². The molecule has 0 saturated carbocycles. The summed E-state index contributed by atoms with van der Waals surface area (Å²) in [7, 11) is 1.44. The van der Waals surface area contributed by atoms with Gasteiger partial charge in [-0.25, -0.2) is 4.79 Å². The molecule has 0 spiro atoms. The van der Waals surface area contributed by atoms with Crippen molar-refractivity contribution in [1.82, 2.24) is 4.90 Å². The lowest BCUT2D eigenvalue weighted by Gasteiger charge is -2.49. The fraction of sp³-hybridized carbons (Fsp3) is 0.316. The number of carbonyl (C=O) groups is 1. The molecule has 2 aliphatic rings. The second-order valence-corrected chi connectivity index (χ2v) is 7.18. The molecule has 1 saturated heterocycles. The Labute approximate surface area is 145 Å². The zero-order valence-corrected chi connectivity index (χ0v) is 14.2. The number of ether oxygens (including phenoxy) is 2. The third-order valence-corrected chi connectivity index (χ3v) is 5.78. The van der Waals surface area contributed by atoms with E-state index in [0.29, 0.717) is 6.61 Å². The second kappa shape index (κ2) is 6.49. The van der Waals surface area contributed by atoms with Crippen LogP contribution in [-0.2, 0) is 15.9 Å². The summed E-state index contributed by atoms with van der Waals surface area (Å²) in [5, 5.41) is 0. The molecule has 1 amide bonds. The van der Waals surface area contributed by atoms with E-state index in [2.05, 4.69) is 30.3 Å². The van der Waals surface area contributed by atoms with Crippen molar-refractivity contribution in [2.24, 2.45) is 0 Å². The third-order valence-electron chi connectivity index (χ3n) is 4.61. The zero-order chi connectivity index (χ0) is 16.5. The molecule has 0 aromatic heterocycles. The van der Waals surface area contributed by atoms with Crippen molar-refractivity contribution < 1.29 is 14.3 Å². The molecule has 24 heavy (non-hydrogen) atoms. The average Bonchev–Trinajstić information content (AvgIpc) is 2.63. The Kier molecular flexibility index (Phi) is 4.21. The molecular weight excluding hydrogens is 322 g/mol. The highest BCUT2D eigenvalue weighted by atomic mass is 32.2. The molecule has 4 nitrogen and oxygen atoms in total. The van der Waals surface area contributed by atoms with Crippen LogP contribution < -0.4 is 0 Å².